The molecule has 2 N–H and O–H groups in total. The van der Waals surface area contributed by atoms with Crippen molar-refractivity contribution in [2.24, 2.45) is 0 Å². The fraction of sp³-hybridized carbons (Fsp3) is 0.917. The predicted octanol–water partition coefficient (Wildman–Crippen LogP) is 1.22. The second-order valence-corrected chi connectivity index (χ2v) is 4.33. The summed E-state index contributed by atoms with van der Waals surface area (Å²) < 4.78 is 5.17. The Balaban J connectivity index is 2.12. The summed E-state index contributed by atoms with van der Waals surface area (Å²) in [5, 5.41) is 12.6. The van der Waals surface area contributed by atoms with E-state index < -0.39 is 0 Å². The Morgan fingerprint density at radius 3 is 2.88 bits per heavy atom. The van der Waals surface area contributed by atoms with Gasteiger partial charge in [-0.15, -0.1) is 0 Å². The van der Waals surface area contributed by atoms with Gasteiger partial charge in [-0.1, -0.05) is 12.8 Å². The van der Waals surface area contributed by atoms with Crippen molar-refractivity contribution < 1.29 is 14.6 Å². The van der Waals surface area contributed by atoms with E-state index in [2.05, 4.69) is 5.32 Å². The summed E-state index contributed by atoms with van der Waals surface area (Å²) in [6.45, 7) is 3.28. The van der Waals surface area contributed by atoms with Crippen molar-refractivity contribution in [1.82, 2.24) is 5.32 Å². The molecule has 0 aromatic rings. The van der Waals surface area contributed by atoms with Gasteiger partial charge in [-0.05, 0) is 26.2 Å². The van der Waals surface area contributed by atoms with Crippen LogP contribution >= 0.6 is 0 Å². The van der Waals surface area contributed by atoms with E-state index in [1.807, 2.05) is 6.92 Å². The largest absolute Gasteiger partial charge is 0.391 e. The number of hydrogen-bond acceptors (Lipinski definition) is 3. The number of ether oxygens (including phenoxy) is 1. The number of nitrogens with one attached hydrogen (secondary N) is 1. The Morgan fingerprint density at radius 2 is 2.19 bits per heavy atom. The number of rotatable bonds is 6. The summed E-state index contributed by atoms with van der Waals surface area (Å²) in [7, 11) is 0. The first-order valence-corrected chi connectivity index (χ1v) is 6.29. The Kier molecular flexibility index (Phi) is 6.42. The molecule has 1 saturated carbocycles. The van der Waals surface area contributed by atoms with Crippen molar-refractivity contribution in [2.75, 3.05) is 13.2 Å². The Labute approximate surface area is 97.4 Å². The van der Waals surface area contributed by atoms with Gasteiger partial charge >= 0.3 is 0 Å². The molecular weight excluding hydrogens is 206 g/mol. The molecule has 4 nitrogen and oxygen atoms in total. The maximum absolute atomic E-state index is 11.5. The molecule has 0 saturated heterocycles. The zero-order valence-electron chi connectivity index (χ0n) is 10.1. The van der Waals surface area contributed by atoms with Crippen molar-refractivity contribution in [3.05, 3.63) is 0 Å². The maximum atomic E-state index is 11.5. The first kappa shape index (κ1) is 13.5. The second-order valence-electron chi connectivity index (χ2n) is 4.33. The minimum absolute atomic E-state index is 0.0330. The van der Waals surface area contributed by atoms with Crippen LogP contribution in [-0.2, 0) is 9.53 Å². The predicted molar refractivity (Wildman–Crippen MR) is 62.1 cm³/mol. The van der Waals surface area contributed by atoms with Crippen LogP contribution in [0.25, 0.3) is 0 Å². The second kappa shape index (κ2) is 7.63. The molecule has 2 atom stereocenters. The molecule has 1 rings (SSSR count). The molecule has 1 aliphatic carbocycles. The fourth-order valence-electron chi connectivity index (χ4n) is 2.04. The lowest BCUT2D eigenvalue weighted by atomic mass is 9.92. The smallest absolute Gasteiger partial charge is 0.220 e. The average Bonchev–Trinajstić information content (AvgIpc) is 2.28. The highest BCUT2D eigenvalue weighted by atomic mass is 16.5. The summed E-state index contributed by atoms with van der Waals surface area (Å²) in [5.74, 6) is 0.0330. The molecule has 94 valence electrons. The van der Waals surface area contributed by atoms with Crippen LogP contribution in [0.2, 0.25) is 0 Å². The quantitative estimate of drug-likeness (QED) is 0.673. The van der Waals surface area contributed by atoms with Gasteiger partial charge < -0.3 is 15.2 Å². The summed E-state index contributed by atoms with van der Waals surface area (Å²) in [5.41, 5.74) is 0. The maximum Gasteiger partial charge on any atom is 0.220 e. The van der Waals surface area contributed by atoms with Gasteiger partial charge in [0.05, 0.1) is 12.1 Å². The number of amides is 1. The summed E-state index contributed by atoms with van der Waals surface area (Å²) in [6, 6.07) is -0.0339. The van der Waals surface area contributed by atoms with E-state index in [9.17, 15) is 9.90 Å². The average molecular weight is 229 g/mol. The topological polar surface area (TPSA) is 58.6 Å². The molecular formula is C12H23NO3. The van der Waals surface area contributed by atoms with Crippen LogP contribution in [0.5, 0.6) is 0 Å². The van der Waals surface area contributed by atoms with Crippen molar-refractivity contribution in [1.29, 1.82) is 0 Å². The van der Waals surface area contributed by atoms with Gasteiger partial charge in [-0.3, -0.25) is 4.79 Å². The lowest BCUT2D eigenvalue weighted by Gasteiger charge is -2.28. The molecule has 16 heavy (non-hydrogen) atoms. The molecule has 1 aliphatic rings. The number of hydrogen-bond donors (Lipinski definition) is 2. The number of aliphatic hydroxyl groups is 1. The third kappa shape index (κ3) is 4.94. The molecule has 0 aromatic carbocycles. The zero-order chi connectivity index (χ0) is 11.8. The molecule has 0 unspecified atom stereocenters. The number of carbonyl (C=O) groups excluding carboxylic acids is 1. The Morgan fingerprint density at radius 1 is 1.44 bits per heavy atom. The van der Waals surface area contributed by atoms with E-state index in [4.69, 9.17) is 4.74 Å². The first-order valence-electron chi connectivity index (χ1n) is 6.29. The highest BCUT2D eigenvalue weighted by molar-refractivity contribution is 5.76. The lowest BCUT2D eigenvalue weighted by Crippen LogP contribution is -2.45. The molecule has 0 aromatic heterocycles. The number of carbonyl (C=O) groups is 1. The van der Waals surface area contributed by atoms with Gasteiger partial charge in [0, 0.05) is 19.6 Å². The highest BCUT2D eigenvalue weighted by Crippen LogP contribution is 2.18. The van der Waals surface area contributed by atoms with Gasteiger partial charge in [-0.2, -0.15) is 0 Å². The molecule has 0 aliphatic heterocycles. The normalized spacial score (nSPS) is 25.4. The van der Waals surface area contributed by atoms with E-state index in [0.717, 1.165) is 32.1 Å². The Bertz CT molecular complexity index is 208. The third-order valence-corrected chi connectivity index (χ3v) is 2.97. The van der Waals surface area contributed by atoms with E-state index in [1.54, 1.807) is 0 Å². The van der Waals surface area contributed by atoms with E-state index in [-0.39, 0.29) is 18.1 Å². The zero-order valence-corrected chi connectivity index (χ0v) is 10.1. The molecule has 0 radical (unpaired) electrons. The van der Waals surface area contributed by atoms with Crippen LogP contribution < -0.4 is 5.32 Å². The van der Waals surface area contributed by atoms with E-state index >= 15 is 0 Å². The SMILES string of the molecule is CCOCCCC(=O)N[C@@H]1CCCC[C@H]1O. The van der Waals surface area contributed by atoms with Gasteiger partial charge in [0.15, 0.2) is 0 Å². The molecule has 4 heteroatoms. The fourth-order valence-corrected chi connectivity index (χ4v) is 2.04. The van der Waals surface area contributed by atoms with Crippen molar-refractivity contribution in [3.8, 4) is 0 Å². The summed E-state index contributed by atoms with van der Waals surface area (Å²) >= 11 is 0. The van der Waals surface area contributed by atoms with Crippen molar-refractivity contribution >= 4 is 5.91 Å². The standard InChI is InChI=1S/C12H23NO3/c1-2-16-9-5-8-12(15)13-10-6-3-4-7-11(10)14/h10-11,14H,2-9H2,1H3,(H,13,15)/t10-,11-/m1/s1. The van der Waals surface area contributed by atoms with Crippen LogP contribution in [-0.4, -0.2) is 36.4 Å². The summed E-state index contributed by atoms with van der Waals surface area (Å²) in [6.07, 6.45) is 4.76. The number of aliphatic hydroxyl groups excluding tert-OH is 1. The molecule has 0 spiro atoms. The monoisotopic (exact) mass is 229 g/mol. The Hall–Kier alpha value is -0.610. The highest BCUT2D eigenvalue weighted by Gasteiger charge is 2.23. The molecule has 0 bridgehead atoms. The summed E-state index contributed by atoms with van der Waals surface area (Å²) in [4.78, 5) is 11.5. The van der Waals surface area contributed by atoms with E-state index in [1.165, 1.54) is 0 Å². The van der Waals surface area contributed by atoms with Gasteiger partial charge in [0.25, 0.3) is 0 Å². The third-order valence-electron chi connectivity index (χ3n) is 2.97. The minimum Gasteiger partial charge on any atom is -0.391 e. The van der Waals surface area contributed by atoms with Crippen LogP contribution in [0.1, 0.15) is 45.4 Å². The molecule has 1 fully saturated rings. The van der Waals surface area contributed by atoms with Crippen molar-refractivity contribution in [2.45, 2.75) is 57.6 Å². The molecule has 1 amide bonds. The minimum atomic E-state index is -0.357. The first-order chi connectivity index (χ1) is 7.74. The van der Waals surface area contributed by atoms with Crippen molar-refractivity contribution in [3.63, 3.8) is 0 Å². The lowest BCUT2D eigenvalue weighted by molar-refractivity contribution is -0.123. The van der Waals surface area contributed by atoms with Gasteiger partial charge in [0.2, 0.25) is 5.91 Å². The van der Waals surface area contributed by atoms with E-state index in [0.29, 0.717) is 19.6 Å². The van der Waals surface area contributed by atoms with Crippen LogP contribution in [0.3, 0.4) is 0 Å². The van der Waals surface area contributed by atoms with Crippen LogP contribution in [0.4, 0.5) is 0 Å². The molecule has 0 heterocycles. The van der Waals surface area contributed by atoms with Gasteiger partial charge in [0.1, 0.15) is 0 Å². The van der Waals surface area contributed by atoms with Gasteiger partial charge in [-0.25, -0.2) is 0 Å². The van der Waals surface area contributed by atoms with Crippen LogP contribution in [0, 0.1) is 0 Å². The van der Waals surface area contributed by atoms with Crippen LogP contribution in [0.15, 0.2) is 0 Å².